The van der Waals surface area contributed by atoms with Crippen LogP contribution in [0.4, 0.5) is 0 Å². The zero-order valence-electron chi connectivity index (χ0n) is 12.5. The Hall–Kier alpha value is -1.09. The second-order valence-electron chi connectivity index (χ2n) is 6.28. The summed E-state index contributed by atoms with van der Waals surface area (Å²) in [5.74, 6) is 0.996. The van der Waals surface area contributed by atoms with E-state index in [0.717, 1.165) is 23.7 Å². The summed E-state index contributed by atoms with van der Waals surface area (Å²) in [5.41, 5.74) is 2.16. The van der Waals surface area contributed by atoms with Gasteiger partial charge in [0.2, 0.25) is 0 Å². The molecule has 0 amide bonds. The van der Waals surface area contributed by atoms with Crippen molar-refractivity contribution in [2.75, 3.05) is 0 Å². The third-order valence-electron chi connectivity index (χ3n) is 4.30. The van der Waals surface area contributed by atoms with Crippen LogP contribution in [0.3, 0.4) is 0 Å². The van der Waals surface area contributed by atoms with E-state index in [1.807, 2.05) is 0 Å². The standard InChI is InChI=1S/C17H26N2O/c1-13-8-11-17(16(19-13)12-18-14-9-10-14)20-15-6-4-2-3-5-7-15/h8,11,14-15,18H,2-7,9-10,12H2,1H3. The van der Waals surface area contributed by atoms with Crippen LogP contribution in [0, 0.1) is 6.92 Å². The number of aryl methyl sites for hydroxylation is 1. The zero-order valence-corrected chi connectivity index (χ0v) is 12.5. The van der Waals surface area contributed by atoms with Crippen LogP contribution in [-0.2, 0) is 6.54 Å². The van der Waals surface area contributed by atoms with E-state index in [-0.39, 0.29) is 0 Å². The molecule has 3 rings (SSSR count). The number of aromatic nitrogens is 1. The number of pyridine rings is 1. The molecule has 0 aliphatic heterocycles. The van der Waals surface area contributed by atoms with Gasteiger partial charge in [-0.05, 0) is 57.6 Å². The van der Waals surface area contributed by atoms with Crippen molar-refractivity contribution in [2.24, 2.45) is 0 Å². The number of hydrogen-bond donors (Lipinski definition) is 1. The quantitative estimate of drug-likeness (QED) is 0.830. The van der Waals surface area contributed by atoms with Crippen LogP contribution in [0.1, 0.15) is 62.8 Å². The average Bonchev–Trinajstić information content (AvgIpc) is 3.26. The highest BCUT2D eigenvalue weighted by Gasteiger charge is 2.22. The van der Waals surface area contributed by atoms with Crippen LogP contribution < -0.4 is 10.1 Å². The third-order valence-corrected chi connectivity index (χ3v) is 4.30. The van der Waals surface area contributed by atoms with Gasteiger partial charge >= 0.3 is 0 Å². The monoisotopic (exact) mass is 274 g/mol. The lowest BCUT2D eigenvalue weighted by atomic mass is 10.1. The third kappa shape index (κ3) is 3.95. The summed E-state index contributed by atoms with van der Waals surface area (Å²) >= 11 is 0. The molecule has 2 aliphatic rings. The largest absolute Gasteiger partial charge is 0.488 e. The van der Waals surface area contributed by atoms with E-state index in [4.69, 9.17) is 4.74 Å². The van der Waals surface area contributed by atoms with E-state index in [1.165, 1.54) is 51.4 Å². The minimum Gasteiger partial charge on any atom is -0.488 e. The van der Waals surface area contributed by atoms with Gasteiger partial charge < -0.3 is 10.1 Å². The molecule has 1 N–H and O–H groups in total. The molecule has 0 unspecified atom stereocenters. The lowest BCUT2D eigenvalue weighted by Crippen LogP contribution is -2.20. The van der Waals surface area contributed by atoms with Crippen LogP contribution in [-0.4, -0.2) is 17.1 Å². The molecule has 3 nitrogen and oxygen atoms in total. The van der Waals surface area contributed by atoms with Gasteiger partial charge in [-0.3, -0.25) is 4.98 Å². The van der Waals surface area contributed by atoms with Gasteiger partial charge in [0, 0.05) is 18.3 Å². The molecule has 20 heavy (non-hydrogen) atoms. The maximum atomic E-state index is 6.27. The molecule has 2 aliphatic carbocycles. The van der Waals surface area contributed by atoms with Gasteiger partial charge in [0.1, 0.15) is 5.75 Å². The number of ether oxygens (including phenoxy) is 1. The fourth-order valence-corrected chi connectivity index (χ4v) is 2.90. The Labute approximate surface area is 122 Å². The minimum absolute atomic E-state index is 0.390. The molecule has 1 heterocycles. The van der Waals surface area contributed by atoms with Crippen molar-refractivity contribution in [3.8, 4) is 5.75 Å². The molecule has 0 spiro atoms. The normalized spacial score (nSPS) is 20.6. The Bertz CT molecular complexity index is 435. The highest BCUT2D eigenvalue weighted by Crippen LogP contribution is 2.26. The van der Waals surface area contributed by atoms with Crippen LogP contribution in [0.5, 0.6) is 5.75 Å². The van der Waals surface area contributed by atoms with Crippen LogP contribution in [0.15, 0.2) is 12.1 Å². The van der Waals surface area contributed by atoms with Crippen molar-refractivity contribution in [1.82, 2.24) is 10.3 Å². The maximum Gasteiger partial charge on any atom is 0.142 e. The van der Waals surface area contributed by atoms with Gasteiger partial charge in [0.25, 0.3) is 0 Å². The minimum atomic E-state index is 0.390. The van der Waals surface area contributed by atoms with Gasteiger partial charge in [-0.2, -0.15) is 0 Å². The predicted octanol–water partition coefficient (Wildman–Crippen LogP) is 3.74. The molecule has 1 aromatic rings. The summed E-state index contributed by atoms with van der Waals surface area (Å²) in [6.07, 6.45) is 10.7. The molecule has 2 saturated carbocycles. The molecule has 1 aromatic heterocycles. The van der Waals surface area contributed by atoms with Crippen LogP contribution in [0.25, 0.3) is 0 Å². The highest BCUT2D eigenvalue weighted by molar-refractivity contribution is 5.29. The van der Waals surface area contributed by atoms with Gasteiger partial charge in [-0.1, -0.05) is 12.8 Å². The molecule has 0 saturated heterocycles. The first-order valence-corrected chi connectivity index (χ1v) is 8.18. The molecule has 0 bridgehead atoms. The Kier molecular flexibility index (Phi) is 4.56. The van der Waals surface area contributed by atoms with Crippen molar-refractivity contribution in [1.29, 1.82) is 0 Å². The van der Waals surface area contributed by atoms with Crippen LogP contribution in [0.2, 0.25) is 0 Å². The number of nitrogens with zero attached hydrogens (tertiary/aromatic N) is 1. The van der Waals surface area contributed by atoms with Crippen molar-refractivity contribution in [2.45, 2.75) is 77.0 Å². The van der Waals surface area contributed by atoms with Crippen molar-refractivity contribution in [3.05, 3.63) is 23.5 Å². The van der Waals surface area contributed by atoms with E-state index in [0.29, 0.717) is 12.1 Å². The first-order chi connectivity index (χ1) is 9.81. The summed E-state index contributed by atoms with van der Waals surface area (Å²) in [6.45, 7) is 2.89. The van der Waals surface area contributed by atoms with E-state index < -0.39 is 0 Å². The maximum absolute atomic E-state index is 6.27. The van der Waals surface area contributed by atoms with Gasteiger partial charge in [0.15, 0.2) is 0 Å². The van der Waals surface area contributed by atoms with E-state index in [1.54, 1.807) is 0 Å². The summed E-state index contributed by atoms with van der Waals surface area (Å²) in [7, 11) is 0. The van der Waals surface area contributed by atoms with Crippen molar-refractivity contribution < 1.29 is 4.74 Å². The molecular weight excluding hydrogens is 248 g/mol. The van der Waals surface area contributed by atoms with Gasteiger partial charge in [-0.25, -0.2) is 0 Å². The smallest absolute Gasteiger partial charge is 0.142 e. The predicted molar refractivity (Wildman–Crippen MR) is 81.0 cm³/mol. The second-order valence-corrected chi connectivity index (χ2v) is 6.28. The Morgan fingerprint density at radius 3 is 2.55 bits per heavy atom. The number of nitrogens with one attached hydrogen (secondary N) is 1. The molecule has 110 valence electrons. The molecule has 2 fully saturated rings. The Balaban J connectivity index is 1.66. The Morgan fingerprint density at radius 2 is 1.85 bits per heavy atom. The molecule has 0 radical (unpaired) electrons. The molecule has 3 heteroatoms. The summed E-state index contributed by atoms with van der Waals surface area (Å²) in [6, 6.07) is 4.88. The lowest BCUT2D eigenvalue weighted by molar-refractivity contribution is 0.180. The SMILES string of the molecule is Cc1ccc(OC2CCCCCC2)c(CNC2CC2)n1. The Morgan fingerprint density at radius 1 is 1.10 bits per heavy atom. The van der Waals surface area contributed by atoms with Crippen molar-refractivity contribution >= 4 is 0 Å². The average molecular weight is 274 g/mol. The van der Waals surface area contributed by atoms with Crippen LogP contribution >= 0.6 is 0 Å². The molecule has 0 atom stereocenters. The summed E-state index contributed by atoms with van der Waals surface area (Å²) in [5, 5.41) is 3.55. The van der Waals surface area contributed by atoms with Gasteiger partial charge in [-0.15, -0.1) is 0 Å². The zero-order chi connectivity index (χ0) is 13.8. The van der Waals surface area contributed by atoms with Gasteiger partial charge in [0.05, 0.1) is 11.8 Å². The molecular formula is C17H26N2O. The van der Waals surface area contributed by atoms with E-state index in [2.05, 4.69) is 29.4 Å². The van der Waals surface area contributed by atoms with E-state index in [9.17, 15) is 0 Å². The first-order valence-electron chi connectivity index (χ1n) is 8.18. The fourth-order valence-electron chi connectivity index (χ4n) is 2.90. The molecule has 0 aromatic carbocycles. The topological polar surface area (TPSA) is 34.1 Å². The fraction of sp³-hybridized carbons (Fsp3) is 0.706. The number of hydrogen-bond acceptors (Lipinski definition) is 3. The lowest BCUT2D eigenvalue weighted by Gasteiger charge is -2.19. The highest BCUT2D eigenvalue weighted by atomic mass is 16.5. The summed E-state index contributed by atoms with van der Waals surface area (Å²) in [4.78, 5) is 4.67. The van der Waals surface area contributed by atoms with E-state index >= 15 is 0 Å². The van der Waals surface area contributed by atoms with Crippen molar-refractivity contribution in [3.63, 3.8) is 0 Å². The summed E-state index contributed by atoms with van der Waals surface area (Å²) < 4.78 is 6.27. The first kappa shape index (κ1) is 13.9. The second kappa shape index (κ2) is 6.57. The number of rotatable bonds is 5.